The van der Waals surface area contributed by atoms with E-state index in [-0.39, 0.29) is 0 Å². The molecule has 0 radical (unpaired) electrons. The smallest absolute Gasteiger partial charge is 0.00419 e. The van der Waals surface area contributed by atoms with Crippen molar-refractivity contribution >= 4 is 0 Å². The Hall–Kier alpha value is -0.820. The van der Waals surface area contributed by atoms with E-state index in [0.29, 0.717) is 12.0 Å². The minimum atomic E-state index is 0.343. The molecule has 2 atom stereocenters. The van der Waals surface area contributed by atoms with Gasteiger partial charge in [-0.2, -0.15) is 0 Å². The first kappa shape index (κ1) is 10.3. The fraction of sp³-hybridized carbons (Fsp3) is 0.500. The van der Waals surface area contributed by atoms with Crippen molar-refractivity contribution in [2.24, 2.45) is 5.73 Å². The molecule has 0 spiro atoms. The summed E-state index contributed by atoms with van der Waals surface area (Å²) in [6, 6.07) is 10.9. The Balaban J connectivity index is 2.53. The lowest BCUT2D eigenvalue weighted by atomic mass is 9.93. The minimum Gasteiger partial charge on any atom is -0.328 e. The van der Waals surface area contributed by atoms with Gasteiger partial charge < -0.3 is 5.73 Å². The molecule has 0 bridgehead atoms. The van der Waals surface area contributed by atoms with Gasteiger partial charge in [0.15, 0.2) is 0 Å². The van der Waals surface area contributed by atoms with Crippen LogP contribution in [0.25, 0.3) is 0 Å². The van der Waals surface area contributed by atoms with Crippen molar-refractivity contribution in [3.05, 3.63) is 35.9 Å². The van der Waals surface area contributed by atoms with E-state index in [1.54, 1.807) is 0 Å². The molecule has 0 heterocycles. The summed E-state index contributed by atoms with van der Waals surface area (Å²) in [5.74, 6) is 0.580. The summed E-state index contributed by atoms with van der Waals surface area (Å²) in [4.78, 5) is 0. The zero-order valence-electron chi connectivity index (χ0n) is 8.53. The summed E-state index contributed by atoms with van der Waals surface area (Å²) in [7, 11) is 0. The lowest BCUT2D eigenvalue weighted by molar-refractivity contribution is 0.538. The highest BCUT2D eigenvalue weighted by atomic mass is 14.6. The molecule has 13 heavy (non-hydrogen) atoms. The largest absolute Gasteiger partial charge is 0.328 e. The zero-order chi connectivity index (χ0) is 9.68. The Morgan fingerprint density at radius 3 is 2.38 bits per heavy atom. The molecule has 0 saturated heterocycles. The summed E-state index contributed by atoms with van der Waals surface area (Å²) in [6.07, 6.45) is 2.15. The Labute approximate surface area is 81.0 Å². The normalized spacial score (nSPS) is 15.3. The molecule has 1 nitrogen and oxygen atoms in total. The van der Waals surface area contributed by atoms with Crippen molar-refractivity contribution in [3.63, 3.8) is 0 Å². The molecule has 2 unspecified atom stereocenters. The first-order valence-electron chi connectivity index (χ1n) is 5.04. The lowest BCUT2D eigenvalue weighted by Crippen LogP contribution is -2.20. The Kier molecular flexibility index (Phi) is 3.97. The van der Waals surface area contributed by atoms with E-state index >= 15 is 0 Å². The molecule has 72 valence electrons. The first-order chi connectivity index (χ1) is 6.24. The third-order valence-electron chi connectivity index (χ3n) is 2.55. The maximum absolute atomic E-state index is 5.91. The Morgan fingerprint density at radius 1 is 1.23 bits per heavy atom. The summed E-state index contributed by atoms with van der Waals surface area (Å²) < 4.78 is 0. The predicted molar refractivity (Wildman–Crippen MR) is 57.7 cm³/mol. The van der Waals surface area contributed by atoms with Gasteiger partial charge in [0.25, 0.3) is 0 Å². The number of nitrogens with two attached hydrogens (primary N) is 1. The number of hydrogen-bond acceptors (Lipinski definition) is 1. The van der Waals surface area contributed by atoms with Gasteiger partial charge in [0.2, 0.25) is 0 Å². The van der Waals surface area contributed by atoms with Crippen LogP contribution in [0.1, 0.15) is 38.2 Å². The molecule has 0 aliphatic rings. The molecule has 0 saturated carbocycles. The van der Waals surface area contributed by atoms with Crippen LogP contribution in [0, 0.1) is 0 Å². The standard InChI is InChI=1S/C12H19N/c1-3-12(13)9-10(2)11-7-5-4-6-8-11/h4-8,10,12H,3,9,13H2,1-2H3. The van der Waals surface area contributed by atoms with Crippen molar-refractivity contribution in [3.8, 4) is 0 Å². The molecule has 0 amide bonds. The van der Waals surface area contributed by atoms with Gasteiger partial charge in [0.1, 0.15) is 0 Å². The van der Waals surface area contributed by atoms with Gasteiger partial charge in [-0.1, -0.05) is 44.2 Å². The topological polar surface area (TPSA) is 26.0 Å². The minimum absolute atomic E-state index is 0.343. The fourth-order valence-electron chi connectivity index (χ4n) is 1.54. The van der Waals surface area contributed by atoms with E-state index in [1.807, 2.05) is 0 Å². The van der Waals surface area contributed by atoms with Gasteiger partial charge in [-0.3, -0.25) is 0 Å². The van der Waals surface area contributed by atoms with E-state index in [4.69, 9.17) is 5.73 Å². The molecule has 1 heteroatoms. The Bertz CT molecular complexity index is 230. The van der Waals surface area contributed by atoms with Crippen LogP contribution in [0.5, 0.6) is 0 Å². The van der Waals surface area contributed by atoms with Crippen LogP contribution in [-0.4, -0.2) is 6.04 Å². The van der Waals surface area contributed by atoms with E-state index in [0.717, 1.165) is 12.8 Å². The number of benzene rings is 1. The molecule has 0 fully saturated rings. The summed E-state index contributed by atoms with van der Waals surface area (Å²) in [5, 5.41) is 0. The van der Waals surface area contributed by atoms with Crippen LogP contribution in [0.4, 0.5) is 0 Å². The van der Waals surface area contributed by atoms with Crippen molar-refractivity contribution in [2.45, 2.75) is 38.6 Å². The molecule has 1 rings (SSSR count). The summed E-state index contributed by atoms with van der Waals surface area (Å²) in [5.41, 5.74) is 7.31. The maximum atomic E-state index is 5.91. The van der Waals surface area contributed by atoms with Gasteiger partial charge in [-0.05, 0) is 24.3 Å². The molecule has 0 aliphatic carbocycles. The summed E-state index contributed by atoms with van der Waals surface area (Å²) >= 11 is 0. The SMILES string of the molecule is CCC(N)CC(C)c1ccccc1. The van der Waals surface area contributed by atoms with Gasteiger partial charge in [0, 0.05) is 6.04 Å². The zero-order valence-corrected chi connectivity index (χ0v) is 8.53. The maximum Gasteiger partial charge on any atom is 0.00419 e. The molecule has 2 N–H and O–H groups in total. The van der Waals surface area contributed by atoms with Crippen LogP contribution in [0.2, 0.25) is 0 Å². The average Bonchev–Trinajstić information content (AvgIpc) is 2.19. The van der Waals surface area contributed by atoms with Crippen molar-refractivity contribution in [2.75, 3.05) is 0 Å². The fourth-order valence-corrected chi connectivity index (χ4v) is 1.54. The van der Waals surface area contributed by atoms with Crippen LogP contribution in [0.15, 0.2) is 30.3 Å². The highest BCUT2D eigenvalue weighted by Crippen LogP contribution is 2.20. The molecular weight excluding hydrogens is 158 g/mol. The average molecular weight is 177 g/mol. The molecule has 0 aromatic heterocycles. The molecule has 0 aliphatic heterocycles. The van der Waals surface area contributed by atoms with Crippen LogP contribution >= 0.6 is 0 Å². The van der Waals surface area contributed by atoms with Crippen molar-refractivity contribution in [1.82, 2.24) is 0 Å². The number of rotatable bonds is 4. The molecule has 1 aromatic carbocycles. The third kappa shape index (κ3) is 3.19. The van der Waals surface area contributed by atoms with Crippen molar-refractivity contribution < 1.29 is 0 Å². The molecular formula is C12H19N. The number of hydrogen-bond donors (Lipinski definition) is 1. The lowest BCUT2D eigenvalue weighted by Gasteiger charge is -2.15. The highest BCUT2D eigenvalue weighted by molar-refractivity contribution is 5.18. The van der Waals surface area contributed by atoms with Crippen LogP contribution in [0.3, 0.4) is 0 Å². The predicted octanol–water partition coefficient (Wildman–Crippen LogP) is 2.92. The second kappa shape index (κ2) is 5.03. The monoisotopic (exact) mass is 177 g/mol. The molecule has 1 aromatic rings. The quantitative estimate of drug-likeness (QED) is 0.752. The van der Waals surface area contributed by atoms with Crippen molar-refractivity contribution in [1.29, 1.82) is 0 Å². The second-order valence-corrected chi connectivity index (χ2v) is 3.72. The highest BCUT2D eigenvalue weighted by Gasteiger charge is 2.08. The van der Waals surface area contributed by atoms with Crippen LogP contribution in [-0.2, 0) is 0 Å². The van der Waals surface area contributed by atoms with Gasteiger partial charge in [0.05, 0.1) is 0 Å². The van der Waals surface area contributed by atoms with E-state index in [2.05, 4.69) is 44.2 Å². The van der Waals surface area contributed by atoms with E-state index in [9.17, 15) is 0 Å². The van der Waals surface area contributed by atoms with Crippen LogP contribution < -0.4 is 5.73 Å². The Morgan fingerprint density at radius 2 is 1.85 bits per heavy atom. The third-order valence-corrected chi connectivity index (χ3v) is 2.55. The van der Waals surface area contributed by atoms with Gasteiger partial charge in [-0.25, -0.2) is 0 Å². The van der Waals surface area contributed by atoms with Gasteiger partial charge >= 0.3 is 0 Å². The first-order valence-corrected chi connectivity index (χ1v) is 5.04. The van der Waals surface area contributed by atoms with E-state index in [1.165, 1.54) is 5.56 Å². The second-order valence-electron chi connectivity index (χ2n) is 3.72. The van der Waals surface area contributed by atoms with E-state index < -0.39 is 0 Å². The van der Waals surface area contributed by atoms with Gasteiger partial charge in [-0.15, -0.1) is 0 Å². The summed E-state index contributed by atoms with van der Waals surface area (Å²) in [6.45, 7) is 4.38.